The minimum Gasteiger partial charge on any atom is -0.206 e. The van der Waals surface area contributed by atoms with E-state index < -0.39 is 10.0 Å². The molecule has 0 saturated carbocycles. The summed E-state index contributed by atoms with van der Waals surface area (Å²) < 4.78 is 26.4. The Hall–Kier alpha value is -0.100. The number of thiophene rings is 1. The summed E-state index contributed by atoms with van der Waals surface area (Å²) in [5.41, 5.74) is 0. The lowest BCUT2D eigenvalue weighted by atomic mass is 10.2. The molecule has 0 unspecified atom stereocenters. The van der Waals surface area contributed by atoms with Gasteiger partial charge in [-0.15, -0.1) is 22.9 Å². The van der Waals surface area contributed by atoms with Crippen LogP contribution in [0, 0.1) is 0 Å². The average molecular weight is 310 g/mol. The smallest absolute Gasteiger partial charge is 0.206 e. The molecule has 1 aromatic heterocycles. The van der Waals surface area contributed by atoms with Crippen molar-refractivity contribution in [2.45, 2.75) is 36.8 Å². The molecule has 0 spiro atoms. The molecule has 0 aliphatic carbocycles. The highest BCUT2D eigenvalue weighted by atomic mass is 35.5. The number of nitrogens with zero attached hydrogens (tertiary/aromatic N) is 1. The molecule has 1 aromatic rings. The van der Waals surface area contributed by atoms with Crippen LogP contribution in [0.15, 0.2) is 16.3 Å². The lowest BCUT2D eigenvalue weighted by Crippen LogP contribution is -2.27. The predicted molar refractivity (Wildman–Crippen MR) is 78.1 cm³/mol. The van der Waals surface area contributed by atoms with Crippen molar-refractivity contribution in [3.63, 3.8) is 0 Å². The maximum Gasteiger partial charge on any atom is 0.252 e. The Labute approximate surface area is 119 Å². The van der Waals surface area contributed by atoms with Crippen molar-refractivity contribution in [3.05, 3.63) is 17.0 Å². The van der Waals surface area contributed by atoms with Crippen LogP contribution in [0.4, 0.5) is 0 Å². The van der Waals surface area contributed by atoms with Crippen LogP contribution in [0.2, 0.25) is 0 Å². The van der Waals surface area contributed by atoms with Gasteiger partial charge in [0.15, 0.2) is 0 Å². The van der Waals surface area contributed by atoms with Crippen LogP contribution < -0.4 is 0 Å². The number of hydrogen-bond acceptors (Lipinski definition) is 3. The minimum atomic E-state index is -3.31. The summed E-state index contributed by atoms with van der Waals surface area (Å²) >= 11 is 6.97. The van der Waals surface area contributed by atoms with Gasteiger partial charge in [0.25, 0.3) is 10.0 Å². The molecule has 0 bridgehead atoms. The number of hydrogen-bond donors (Lipinski definition) is 0. The first kappa shape index (κ1) is 16.0. The van der Waals surface area contributed by atoms with Crippen molar-refractivity contribution in [1.29, 1.82) is 0 Å². The summed E-state index contributed by atoms with van der Waals surface area (Å²) in [6.45, 7) is 2.69. The van der Waals surface area contributed by atoms with Crippen molar-refractivity contribution >= 4 is 33.0 Å². The minimum absolute atomic E-state index is 0.418. The second kappa shape index (κ2) is 7.48. The lowest BCUT2D eigenvalue weighted by Gasteiger charge is -2.15. The van der Waals surface area contributed by atoms with Gasteiger partial charge in [0.05, 0.1) is 0 Å². The quantitative estimate of drug-likeness (QED) is 0.545. The van der Waals surface area contributed by atoms with Gasteiger partial charge in [-0.1, -0.05) is 19.8 Å². The maximum absolute atomic E-state index is 12.2. The highest BCUT2D eigenvalue weighted by Crippen LogP contribution is 2.25. The van der Waals surface area contributed by atoms with Crippen molar-refractivity contribution in [2.24, 2.45) is 0 Å². The molecule has 3 nitrogen and oxygen atoms in total. The molecular weight excluding hydrogens is 290 g/mol. The second-order valence-corrected chi connectivity index (χ2v) is 8.01. The summed E-state index contributed by atoms with van der Waals surface area (Å²) in [7, 11) is -1.66. The molecule has 104 valence electrons. The number of halogens is 1. The van der Waals surface area contributed by atoms with Crippen molar-refractivity contribution in [1.82, 2.24) is 4.31 Å². The van der Waals surface area contributed by atoms with Crippen LogP contribution in [-0.2, 0) is 16.4 Å². The number of unbranched alkanes of at least 4 members (excludes halogenated alkanes) is 2. The molecule has 0 saturated heterocycles. The van der Waals surface area contributed by atoms with E-state index in [1.54, 1.807) is 13.1 Å². The fourth-order valence-corrected chi connectivity index (χ4v) is 4.67. The average Bonchev–Trinajstić information content (AvgIpc) is 2.79. The van der Waals surface area contributed by atoms with Gasteiger partial charge in [0, 0.05) is 24.3 Å². The summed E-state index contributed by atoms with van der Waals surface area (Å²) in [4.78, 5) is 1.02. The first-order valence-electron chi connectivity index (χ1n) is 6.13. The molecule has 1 heterocycles. The van der Waals surface area contributed by atoms with E-state index in [2.05, 4.69) is 6.92 Å². The first-order chi connectivity index (χ1) is 8.52. The van der Waals surface area contributed by atoms with Crippen LogP contribution >= 0.6 is 22.9 Å². The fourth-order valence-electron chi connectivity index (χ4n) is 1.58. The van der Waals surface area contributed by atoms with Gasteiger partial charge in [-0.2, -0.15) is 0 Å². The molecule has 0 fully saturated rings. The first-order valence-corrected chi connectivity index (χ1v) is 8.92. The number of aryl methyl sites for hydroxylation is 1. The summed E-state index contributed by atoms with van der Waals surface area (Å²) in [6.07, 6.45) is 3.78. The van der Waals surface area contributed by atoms with E-state index in [0.717, 1.165) is 30.6 Å². The highest BCUT2D eigenvalue weighted by molar-refractivity contribution is 7.91. The van der Waals surface area contributed by atoms with Crippen LogP contribution in [0.5, 0.6) is 0 Å². The molecule has 0 amide bonds. The molecule has 0 aliphatic rings. The SMILES string of the molecule is CCCCCN(C)S(=O)(=O)c1ccc(CCCl)s1. The topological polar surface area (TPSA) is 37.4 Å². The standard InChI is InChI=1S/C12H20ClNO2S2/c1-3-4-5-10-14(2)18(15,16)12-7-6-11(17-12)8-9-13/h6-7H,3-5,8-10H2,1-2H3. The molecule has 1 rings (SSSR count). The van der Waals surface area contributed by atoms with Crippen LogP contribution in [-0.4, -0.2) is 32.2 Å². The van der Waals surface area contributed by atoms with E-state index >= 15 is 0 Å². The normalized spacial score (nSPS) is 12.2. The molecule has 0 N–H and O–H groups in total. The van der Waals surface area contributed by atoms with Crippen LogP contribution in [0.25, 0.3) is 0 Å². The van der Waals surface area contributed by atoms with E-state index in [0.29, 0.717) is 16.6 Å². The Kier molecular flexibility index (Phi) is 6.63. The maximum atomic E-state index is 12.2. The molecule has 18 heavy (non-hydrogen) atoms. The van der Waals surface area contributed by atoms with Gasteiger partial charge in [0.1, 0.15) is 4.21 Å². The van der Waals surface area contributed by atoms with Crippen molar-refractivity contribution in [3.8, 4) is 0 Å². The zero-order valence-electron chi connectivity index (χ0n) is 10.9. The van der Waals surface area contributed by atoms with Crippen molar-refractivity contribution < 1.29 is 8.42 Å². The Balaban J connectivity index is 2.71. The number of rotatable bonds is 8. The van der Waals surface area contributed by atoms with E-state index in [9.17, 15) is 8.42 Å². The number of alkyl halides is 1. The van der Waals surface area contributed by atoms with Crippen molar-refractivity contribution in [2.75, 3.05) is 19.5 Å². The van der Waals surface area contributed by atoms with Crippen LogP contribution in [0.3, 0.4) is 0 Å². The third-order valence-corrected chi connectivity index (χ3v) is 6.38. The fraction of sp³-hybridized carbons (Fsp3) is 0.667. The Bertz CT molecular complexity index is 456. The van der Waals surface area contributed by atoms with E-state index in [4.69, 9.17) is 11.6 Å². The van der Waals surface area contributed by atoms with Gasteiger partial charge in [0.2, 0.25) is 0 Å². The molecule has 0 radical (unpaired) electrons. The third-order valence-electron chi connectivity index (χ3n) is 2.72. The molecule has 0 aromatic carbocycles. The Morgan fingerprint density at radius 2 is 2.06 bits per heavy atom. The molecule has 0 atom stereocenters. The zero-order chi connectivity index (χ0) is 13.6. The second-order valence-electron chi connectivity index (χ2n) is 4.19. The van der Waals surface area contributed by atoms with Gasteiger partial charge in [-0.3, -0.25) is 0 Å². The predicted octanol–water partition coefficient (Wildman–Crippen LogP) is 3.34. The molecule has 6 heteroatoms. The summed E-state index contributed by atoms with van der Waals surface area (Å²) in [5.74, 6) is 0.520. The summed E-state index contributed by atoms with van der Waals surface area (Å²) in [5, 5.41) is 0. The van der Waals surface area contributed by atoms with Crippen LogP contribution in [0.1, 0.15) is 31.1 Å². The lowest BCUT2D eigenvalue weighted by molar-refractivity contribution is 0.456. The number of sulfonamides is 1. The van der Waals surface area contributed by atoms with Gasteiger partial charge >= 0.3 is 0 Å². The summed E-state index contributed by atoms with van der Waals surface area (Å²) in [6, 6.07) is 3.53. The van der Waals surface area contributed by atoms with E-state index in [1.807, 2.05) is 6.07 Å². The molecule has 0 aliphatic heterocycles. The van der Waals surface area contributed by atoms with Gasteiger partial charge < -0.3 is 0 Å². The Morgan fingerprint density at radius 3 is 2.67 bits per heavy atom. The highest BCUT2D eigenvalue weighted by Gasteiger charge is 2.22. The third kappa shape index (κ3) is 4.23. The monoisotopic (exact) mass is 309 g/mol. The van der Waals surface area contributed by atoms with E-state index in [-0.39, 0.29) is 0 Å². The van der Waals surface area contributed by atoms with Gasteiger partial charge in [-0.05, 0) is 25.0 Å². The molecular formula is C12H20ClNO2S2. The van der Waals surface area contributed by atoms with Gasteiger partial charge in [-0.25, -0.2) is 12.7 Å². The zero-order valence-corrected chi connectivity index (χ0v) is 13.2. The Morgan fingerprint density at radius 1 is 1.33 bits per heavy atom. The largest absolute Gasteiger partial charge is 0.252 e. The van der Waals surface area contributed by atoms with E-state index in [1.165, 1.54) is 15.6 Å².